The summed E-state index contributed by atoms with van der Waals surface area (Å²) in [4.78, 5) is 15.2. The Morgan fingerprint density at radius 1 is 1.18 bits per heavy atom. The van der Waals surface area contributed by atoms with Gasteiger partial charge >= 0.3 is 0 Å². The summed E-state index contributed by atoms with van der Waals surface area (Å²) in [7, 11) is 0. The van der Waals surface area contributed by atoms with E-state index in [0.717, 1.165) is 37.0 Å². The van der Waals surface area contributed by atoms with Crippen LogP contribution in [0.1, 0.15) is 30.0 Å². The number of benzene rings is 1. The first-order chi connectivity index (χ1) is 10.7. The molecule has 1 amide bonds. The number of piperazine rings is 3. The lowest BCUT2D eigenvalue weighted by atomic mass is 9.88. The minimum atomic E-state index is 0.224. The van der Waals surface area contributed by atoms with Gasteiger partial charge in [-0.25, -0.2) is 0 Å². The third-order valence-electron chi connectivity index (χ3n) is 5.86. The SMILES string of the molecule is O=C(C[N+]12CCN(CC1)CC2)N[C@H]1CCCc2ccccc21. The van der Waals surface area contributed by atoms with Crippen molar-refractivity contribution in [2.24, 2.45) is 0 Å². The van der Waals surface area contributed by atoms with Gasteiger partial charge in [-0.1, -0.05) is 24.3 Å². The number of carbonyl (C=O) groups excluding carboxylic acids is 1. The monoisotopic (exact) mass is 300 g/mol. The lowest BCUT2D eigenvalue weighted by Crippen LogP contribution is -2.69. The van der Waals surface area contributed by atoms with Gasteiger partial charge in [-0.05, 0) is 30.4 Å². The molecule has 4 nitrogen and oxygen atoms in total. The molecule has 0 unspecified atom stereocenters. The Labute approximate surface area is 132 Å². The zero-order valence-electron chi connectivity index (χ0n) is 13.3. The summed E-state index contributed by atoms with van der Waals surface area (Å²) < 4.78 is 1.01. The highest BCUT2D eigenvalue weighted by molar-refractivity contribution is 5.77. The smallest absolute Gasteiger partial charge is 0.275 e. The molecule has 1 atom stereocenters. The Bertz CT molecular complexity index is 549. The van der Waals surface area contributed by atoms with E-state index in [1.165, 1.54) is 37.2 Å². The van der Waals surface area contributed by atoms with Crippen LogP contribution in [0.3, 0.4) is 0 Å². The summed E-state index contributed by atoms with van der Waals surface area (Å²) in [6.07, 6.45) is 3.41. The highest BCUT2D eigenvalue weighted by Gasteiger charge is 2.40. The molecule has 2 bridgehead atoms. The van der Waals surface area contributed by atoms with Gasteiger partial charge in [0.2, 0.25) is 0 Å². The maximum absolute atomic E-state index is 12.6. The molecule has 5 rings (SSSR count). The van der Waals surface area contributed by atoms with E-state index in [2.05, 4.69) is 34.5 Å². The summed E-state index contributed by atoms with van der Waals surface area (Å²) in [5.41, 5.74) is 2.75. The van der Waals surface area contributed by atoms with Crippen molar-refractivity contribution in [3.63, 3.8) is 0 Å². The fraction of sp³-hybridized carbons (Fsp3) is 0.611. The molecule has 118 valence electrons. The summed E-state index contributed by atoms with van der Waals surface area (Å²) in [5, 5.41) is 3.33. The zero-order chi connectivity index (χ0) is 15.0. The van der Waals surface area contributed by atoms with Crippen LogP contribution < -0.4 is 5.32 Å². The molecule has 0 aromatic heterocycles. The standard InChI is InChI=1S/C18H25N3O/c22-18(14-21-11-8-20(9-12-21)10-13-21)19-17-7-3-5-15-4-1-2-6-16(15)17/h1-2,4,6,17H,3,5,7-14H2/p+1/t17-/m0/s1. The third-order valence-corrected chi connectivity index (χ3v) is 5.86. The molecule has 0 radical (unpaired) electrons. The first-order valence-electron chi connectivity index (χ1n) is 8.69. The van der Waals surface area contributed by atoms with E-state index in [1.807, 2.05) is 0 Å². The van der Waals surface area contributed by atoms with Crippen LogP contribution in [0.15, 0.2) is 24.3 Å². The van der Waals surface area contributed by atoms with Crippen LogP contribution in [0.5, 0.6) is 0 Å². The molecule has 3 aliphatic heterocycles. The number of hydrogen-bond donors (Lipinski definition) is 1. The Kier molecular flexibility index (Phi) is 3.66. The van der Waals surface area contributed by atoms with Gasteiger partial charge in [0.05, 0.1) is 25.7 Å². The van der Waals surface area contributed by atoms with Gasteiger partial charge in [-0.15, -0.1) is 0 Å². The van der Waals surface area contributed by atoms with Gasteiger partial charge in [-0.3, -0.25) is 9.69 Å². The van der Waals surface area contributed by atoms with Crippen molar-refractivity contribution in [1.82, 2.24) is 10.2 Å². The molecule has 3 fully saturated rings. The fourth-order valence-electron chi connectivity index (χ4n) is 4.42. The van der Waals surface area contributed by atoms with Crippen LogP contribution >= 0.6 is 0 Å². The Hall–Kier alpha value is -1.39. The number of amides is 1. The van der Waals surface area contributed by atoms with Gasteiger partial charge in [0.15, 0.2) is 6.54 Å². The first-order valence-corrected chi connectivity index (χ1v) is 8.69. The average Bonchev–Trinajstić information content (AvgIpc) is 2.56. The van der Waals surface area contributed by atoms with Crippen LogP contribution in [0.4, 0.5) is 0 Å². The zero-order valence-corrected chi connectivity index (χ0v) is 13.3. The molecule has 4 heteroatoms. The molecular weight excluding hydrogens is 274 g/mol. The van der Waals surface area contributed by atoms with Gasteiger partial charge in [0, 0.05) is 19.6 Å². The average molecular weight is 300 g/mol. The maximum Gasteiger partial charge on any atom is 0.275 e. The number of carbonyl (C=O) groups is 1. The van der Waals surface area contributed by atoms with E-state index in [4.69, 9.17) is 0 Å². The summed E-state index contributed by atoms with van der Waals surface area (Å²) in [6, 6.07) is 8.82. The van der Waals surface area contributed by atoms with Crippen molar-refractivity contribution in [2.75, 3.05) is 45.8 Å². The second-order valence-corrected chi connectivity index (χ2v) is 7.22. The van der Waals surface area contributed by atoms with Crippen LogP contribution in [-0.4, -0.2) is 61.1 Å². The van der Waals surface area contributed by atoms with Crippen molar-refractivity contribution in [1.29, 1.82) is 0 Å². The van der Waals surface area contributed by atoms with E-state index >= 15 is 0 Å². The molecule has 22 heavy (non-hydrogen) atoms. The predicted molar refractivity (Wildman–Crippen MR) is 86.4 cm³/mol. The number of aryl methyl sites for hydroxylation is 1. The number of rotatable bonds is 3. The number of nitrogens with one attached hydrogen (secondary N) is 1. The predicted octanol–water partition coefficient (Wildman–Crippen LogP) is 1.33. The van der Waals surface area contributed by atoms with Gasteiger partial charge in [-0.2, -0.15) is 0 Å². The molecule has 3 saturated heterocycles. The molecular formula is C18H26N3O+. The quantitative estimate of drug-likeness (QED) is 0.854. The van der Waals surface area contributed by atoms with Crippen molar-refractivity contribution in [2.45, 2.75) is 25.3 Å². The van der Waals surface area contributed by atoms with Crippen LogP contribution in [0.2, 0.25) is 0 Å². The van der Waals surface area contributed by atoms with Crippen molar-refractivity contribution >= 4 is 5.91 Å². The summed E-state index contributed by atoms with van der Waals surface area (Å²) in [6.45, 7) is 7.61. The maximum atomic E-state index is 12.6. The van der Waals surface area contributed by atoms with Crippen LogP contribution in [0, 0.1) is 0 Å². The molecule has 1 aromatic rings. The van der Waals surface area contributed by atoms with Gasteiger partial charge in [0.25, 0.3) is 5.91 Å². The van der Waals surface area contributed by atoms with Crippen molar-refractivity contribution < 1.29 is 9.28 Å². The van der Waals surface area contributed by atoms with E-state index in [9.17, 15) is 4.79 Å². The Balaban J connectivity index is 1.42. The van der Waals surface area contributed by atoms with E-state index in [-0.39, 0.29) is 11.9 Å². The van der Waals surface area contributed by atoms with E-state index in [1.54, 1.807) is 0 Å². The molecule has 0 spiro atoms. The van der Waals surface area contributed by atoms with E-state index < -0.39 is 0 Å². The largest absolute Gasteiger partial charge is 0.344 e. The van der Waals surface area contributed by atoms with Crippen molar-refractivity contribution in [3.8, 4) is 0 Å². The minimum absolute atomic E-state index is 0.224. The topological polar surface area (TPSA) is 32.3 Å². The Morgan fingerprint density at radius 2 is 1.91 bits per heavy atom. The number of nitrogens with zero attached hydrogens (tertiary/aromatic N) is 2. The second-order valence-electron chi connectivity index (χ2n) is 7.22. The van der Waals surface area contributed by atoms with Crippen LogP contribution in [-0.2, 0) is 11.2 Å². The van der Waals surface area contributed by atoms with Crippen LogP contribution in [0.25, 0.3) is 0 Å². The third kappa shape index (κ3) is 2.66. The number of fused-ring (bicyclic) bond motifs is 4. The molecule has 4 aliphatic rings. The number of hydrogen-bond acceptors (Lipinski definition) is 2. The van der Waals surface area contributed by atoms with Gasteiger partial charge in [0.1, 0.15) is 0 Å². The van der Waals surface area contributed by atoms with Crippen molar-refractivity contribution in [3.05, 3.63) is 35.4 Å². The summed E-state index contributed by atoms with van der Waals surface area (Å²) >= 11 is 0. The Morgan fingerprint density at radius 3 is 2.68 bits per heavy atom. The van der Waals surface area contributed by atoms with E-state index in [0.29, 0.717) is 6.54 Å². The minimum Gasteiger partial charge on any atom is -0.344 e. The first kappa shape index (κ1) is 14.2. The highest BCUT2D eigenvalue weighted by atomic mass is 16.2. The lowest BCUT2D eigenvalue weighted by Gasteiger charge is -2.50. The fourth-order valence-corrected chi connectivity index (χ4v) is 4.42. The van der Waals surface area contributed by atoms with Gasteiger partial charge < -0.3 is 9.80 Å². The normalized spacial score (nSPS) is 33.3. The second kappa shape index (κ2) is 5.67. The lowest BCUT2D eigenvalue weighted by molar-refractivity contribution is -0.933. The summed E-state index contributed by atoms with van der Waals surface area (Å²) in [5.74, 6) is 0.247. The molecule has 0 saturated carbocycles. The molecule has 3 heterocycles. The highest BCUT2D eigenvalue weighted by Crippen LogP contribution is 2.29. The molecule has 1 aliphatic carbocycles. The molecule has 1 aromatic carbocycles. The number of quaternary nitrogens is 1. The molecule has 1 N–H and O–H groups in total.